The van der Waals surface area contributed by atoms with Crippen LogP contribution in [0.5, 0.6) is 0 Å². The fraction of sp³-hybridized carbons (Fsp3) is 0.381. The first kappa shape index (κ1) is 17.8. The number of pyridine rings is 2. The van der Waals surface area contributed by atoms with Crippen LogP contribution in [-0.4, -0.2) is 37.8 Å². The Hall–Kier alpha value is -2.57. The average Bonchev–Trinajstić information content (AvgIpc) is 3.15. The first-order valence-corrected chi connectivity index (χ1v) is 9.42. The molecule has 3 aromatic rings. The second-order valence-corrected chi connectivity index (χ2v) is 7.06. The molecule has 0 radical (unpaired) electrons. The Labute approximate surface area is 159 Å². The van der Waals surface area contributed by atoms with Crippen molar-refractivity contribution in [1.29, 1.82) is 0 Å². The largest absolute Gasteiger partial charge is 0.377 e. The number of aryl methyl sites for hydroxylation is 1. The van der Waals surface area contributed by atoms with Gasteiger partial charge in [0.1, 0.15) is 0 Å². The Kier molecular flexibility index (Phi) is 5.55. The van der Waals surface area contributed by atoms with Crippen molar-refractivity contribution in [3.05, 3.63) is 77.6 Å². The Bertz CT molecular complexity index is 864. The number of ether oxygens (including phenoxy) is 1. The molecule has 0 N–H and O–H groups in total. The Morgan fingerprint density at radius 1 is 1.15 bits per heavy atom. The topological polar surface area (TPSA) is 56.1 Å². The molecule has 0 bridgehead atoms. The SMILES string of the molecule is Cc1cccc(CN2Cc3ccnn3C(CCOCc3cccnc3)C2)n1. The molecule has 27 heavy (non-hydrogen) atoms. The van der Waals surface area contributed by atoms with Gasteiger partial charge in [-0.2, -0.15) is 5.10 Å². The van der Waals surface area contributed by atoms with Crippen molar-refractivity contribution in [1.82, 2.24) is 24.6 Å². The predicted octanol–water partition coefficient (Wildman–Crippen LogP) is 3.15. The van der Waals surface area contributed by atoms with Crippen LogP contribution in [0.15, 0.2) is 55.0 Å². The standard InChI is InChI=1S/C21H25N5O/c1-17-4-2-6-19(24-17)13-25-14-20-7-10-23-26(20)21(15-25)8-11-27-16-18-5-3-9-22-12-18/h2-7,9-10,12,21H,8,11,13-16H2,1H3. The molecular formula is C21H25N5O. The second kappa shape index (κ2) is 8.41. The maximum atomic E-state index is 5.87. The van der Waals surface area contributed by atoms with Gasteiger partial charge in [0, 0.05) is 50.5 Å². The number of hydrogen-bond donors (Lipinski definition) is 0. The highest BCUT2D eigenvalue weighted by Crippen LogP contribution is 2.24. The smallest absolute Gasteiger partial charge is 0.0731 e. The van der Waals surface area contributed by atoms with Crippen LogP contribution >= 0.6 is 0 Å². The van der Waals surface area contributed by atoms with Gasteiger partial charge in [0.2, 0.25) is 0 Å². The van der Waals surface area contributed by atoms with Crippen molar-refractivity contribution in [3.63, 3.8) is 0 Å². The van der Waals surface area contributed by atoms with E-state index in [1.807, 2.05) is 37.5 Å². The summed E-state index contributed by atoms with van der Waals surface area (Å²) in [7, 11) is 0. The molecule has 0 aliphatic carbocycles. The van der Waals surface area contributed by atoms with Gasteiger partial charge >= 0.3 is 0 Å². The molecule has 140 valence electrons. The van der Waals surface area contributed by atoms with Crippen LogP contribution in [0.4, 0.5) is 0 Å². The maximum absolute atomic E-state index is 5.87. The van der Waals surface area contributed by atoms with Crippen molar-refractivity contribution < 1.29 is 4.74 Å². The third-order valence-electron chi connectivity index (χ3n) is 4.87. The van der Waals surface area contributed by atoms with Gasteiger partial charge in [0.25, 0.3) is 0 Å². The van der Waals surface area contributed by atoms with Crippen LogP contribution in [0, 0.1) is 6.92 Å². The zero-order valence-electron chi connectivity index (χ0n) is 15.7. The first-order chi connectivity index (χ1) is 13.3. The van der Waals surface area contributed by atoms with Crippen LogP contribution < -0.4 is 0 Å². The number of aromatic nitrogens is 4. The van der Waals surface area contributed by atoms with E-state index in [1.54, 1.807) is 6.20 Å². The molecule has 0 saturated carbocycles. The van der Waals surface area contributed by atoms with Crippen LogP contribution in [0.1, 0.15) is 35.1 Å². The van der Waals surface area contributed by atoms with E-state index in [-0.39, 0.29) is 0 Å². The summed E-state index contributed by atoms with van der Waals surface area (Å²) in [6.07, 6.45) is 6.46. The van der Waals surface area contributed by atoms with E-state index in [1.165, 1.54) is 5.69 Å². The lowest BCUT2D eigenvalue weighted by Crippen LogP contribution is -2.37. The Balaban J connectivity index is 1.35. The van der Waals surface area contributed by atoms with E-state index in [2.05, 4.69) is 42.8 Å². The summed E-state index contributed by atoms with van der Waals surface area (Å²) in [4.78, 5) is 11.2. The molecule has 1 aliphatic rings. The highest BCUT2D eigenvalue weighted by atomic mass is 16.5. The highest BCUT2D eigenvalue weighted by molar-refractivity contribution is 5.11. The molecular weight excluding hydrogens is 338 g/mol. The van der Waals surface area contributed by atoms with Crippen LogP contribution in [0.25, 0.3) is 0 Å². The summed E-state index contributed by atoms with van der Waals surface area (Å²) < 4.78 is 8.03. The number of rotatable bonds is 7. The number of nitrogens with zero attached hydrogens (tertiary/aromatic N) is 5. The molecule has 0 spiro atoms. The van der Waals surface area contributed by atoms with E-state index >= 15 is 0 Å². The summed E-state index contributed by atoms with van der Waals surface area (Å²) in [6.45, 7) is 6.07. The monoisotopic (exact) mass is 363 g/mol. The van der Waals surface area contributed by atoms with Crippen LogP contribution in [-0.2, 0) is 24.4 Å². The van der Waals surface area contributed by atoms with Crippen molar-refractivity contribution >= 4 is 0 Å². The lowest BCUT2D eigenvalue weighted by molar-refractivity contribution is 0.0869. The second-order valence-electron chi connectivity index (χ2n) is 7.06. The lowest BCUT2D eigenvalue weighted by Gasteiger charge is -2.33. The Morgan fingerprint density at radius 3 is 2.96 bits per heavy atom. The van der Waals surface area contributed by atoms with E-state index < -0.39 is 0 Å². The van der Waals surface area contributed by atoms with E-state index in [0.717, 1.165) is 43.0 Å². The van der Waals surface area contributed by atoms with E-state index in [4.69, 9.17) is 4.74 Å². The third-order valence-corrected chi connectivity index (χ3v) is 4.87. The van der Waals surface area contributed by atoms with Gasteiger partial charge in [0.05, 0.1) is 24.0 Å². The van der Waals surface area contributed by atoms with Gasteiger partial charge in [-0.3, -0.25) is 19.5 Å². The minimum atomic E-state index is 0.322. The maximum Gasteiger partial charge on any atom is 0.0731 e. The number of hydrogen-bond acceptors (Lipinski definition) is 5. The molecule has 6 heteroatoms. The molecule has 4 rings (SSSR count). The van der Waals surface area contributed by atoms with Crippen LogP contribution in [0.2, 0.25) is 0 Å². The molecule has 1 aliphatic heterocycles. The number of fused-ring (bicyclic) bond motifs is 1. The molecule has 0 amide bonds. The van der Waals surface area contributed by atoms with Gasteiger partial charge in [-0.15, -0.1) is 0 Å². The lowest BCUT2D eigenvalue weighted by atomic mass is 10.1. The zero-order valence-corrected chi connectivity index (χ0v) is 15.7. The highest BCUT2D eigenvalue weighted by Gasteiger charge is 2.25. The first-order valence-electron chi connectivity index (χ1n) is 9.42. The summed E-state index contributed by atoms with van der Waals surface area (Å²) in [6, 6.07) is 12.6. The summed E-state index contributed by atoms with van der Waals surface area (Å²) >= 11 is 0. The minimum absolute atomic E-state index is 0.322. The van der Waals surface area contributed by atoms with Gasteiger partial charge in [-0.25, -0.2) is 0 Å². The molecule has 4 heterocycles. The predicted molar refractivity (Wildman–Crippen MR) is 103 cm³/mol. The quantitative estimate of drug-likeness (QED) is 0.604. The summed E-state index contributed by atoms with van der Waals surface area (Å²) in [5, 5.41) is 4.54. The molecule has 1 unspecified atom stereocenters. The molecule has 6 nitrogen and oxygen atoms in total. The summed E-state index contributed by atoms with van der Waals surface area (Å²) in [5.74, 6) is 0. The summed E-state index contributed by atoms with van der Waals surface area (Å²) in [5.41, 5.74) is 4.55. The molecule has 0 saturated heterocycles. The van der Waals surface area contributed by atoms with Gasteiger partial charge in [0.15, 0.2) is 0 Å². The third kappa shape index (κ3) is 4.59. The average molecular weight is 363 g/mol. The van der Waals surface area contributed by atoms with Gasteiger partial charge in [-0.05, 0) is 43.2 Å². The molecule has 0 fully saturated rings. The molecule has 0 aromatic carbocycles. The Morgan fingerprint density at radius 2 is 2.11 bits per heavy atom. The van der Waals surface area contributed by atoms with E-state index in [0.29, 0.717) is 19.3 Å². The van der Waals surface area contributed by atoms with Crippen molar-refractivity contribution in [3.8, 4) is 0 Å². The zero-order chi connectivity index (χ0) is 18.5. The molecule has 1 atom stereocenters. The van der Waals surface area contributed by atoms with E-state index in [9.17, 15) is 0 Å². The van der Waals surface area contributed by atoms with Crippen molar-refractivity contribution in [2.24, 2.45) is 0 Å². The van der Waals surface area contributed by atoms with Crippen molar-refractivity contribution in [2.45, 2.75) is 39.1 Å². The van der Waals surface area contributed by atoms with Gasteiger partial charge in [-0.1, -0.05) is 12.1 Å². The van der Waals surface area contributed by atoms with Crippen LogP contribution in [0.3, 0.4) is 0 Å². The normalized spacial score (nSPS) is 17.0. The fourth-order valence-electron chi connectivity index (χ4n) is 3.61. The van der Waals surface area contributed by atoms with Crippen molar-refractivity contribution in [2.75, 3.05) is 13.2 Å². The fourth-order valence-corrected chi connectivity index (χ4v) is 3.61. The molecule has 3 aromatic heterocycles. The minimum Gasteiger partial charge on any atom is -0.377 e. The van der Waals surface area contributed by atoms with Gasteiger partial charge < -0.3 is 4.74 Å².